The number of benzene rings is 1. The summed E-state index contributed by atoms with van der Waals surface area (Å²) in [5.74, 6) is 1.86. The standard InChI is InChI=1S/C26H30N4O2/c1-29-13-9-21(10-14-29)30(2)17-22-16-24(18-7-11-27-12-8-18)26(32-22)20-3-5-23-19(15-20)4-6-25(23)28-31/h3,5,7-8,11-12,15-16,21,25H,4,6,9-10,13-14,17H2,1-2H3. The Labute approximate surface area is 189 Å². The number of rotatable bonds is 6. The summed E-state index contributed by atoms with van der Waals surface area (Å²) < 4.78 is 6.49. The van der Waals surface area contributed by atoms with Crippen molar-refractivity contribution in [1.82, 2.24) is 14.8 Å². The van der Waals surface area contributed by atoms with Gasteiger partial charge in [0.25, 0.3) is 0 Å². The van der Waals surface area contributed by atoms with E-state index in [1.54, 1.807) is 0 Å². The number of hydrogen-bond acceptors (Lipinski definition) is 6. The molecule has 1 aliphatic heterocycles. The highest BCUT2D eigenvalue weighted by Crippen LogP contribution is 2.40. The molecule has 0 bridgehead atoms. The lowest BCUT2D eigenvalue weighted by Gasteiger charge is -2.34. The van der Waals surface area contributed by atoms with E-state index >= 15 is 0 Å². The molecule has 5 rings (SSSR count). The van der Waals surface area contributed by atoms with E-state index in [4.69, 9.17) is 4.42 Å². The zero-order valence-corrected chi connectivity index (χ0v) is 18.8. The van der Waals surface area contributed by atoms with Crippen molar-refractivity contribution < 1.29 is 4.42 Å². The van der Waals surface area contributed by atoms with Crippen LogP contribution in [-0.2, 0) is 13.0 Å². The second-order valence-corrected chi connectivity index (χ2v) is 9.21. The van der Waals surface area contributed by atoms with E-state index < -0.39 is 0 Å². The zero-order valence-electron chi connectivity index (χ0n) is 18.8. The third-order valence-electron chi connectivity index (χ3n) is 7.07. The zero-order chi connectivity index (χ0) is 22.1. The summed E-state index contributed by atoms with van der Waals surface area (Å²) in [6.07, 6.45) is 7.70. The fourth-order valence-electron chi connectivity index (χ4n) is 5.14. The van der Waals surface area contributed by atoms with E-state index in [0.717, 1.165) is 66.3 Å². The predicted octanol–water partition coefficient (Wildman–Crippen LogP) is 5.29. The second-order valence-electron chi connectivity index (χ2n) is 9.21. The number of nitrogens with zero attached hydrogens (tertiary/aromatic N) is 4. The van der Waals surface area contributed by atoms with Crippen molar-refractivity contribution in [2.75, 3.05) is 27.2 Å². The summed E-state index contributed by atoms with van der Waals surface area (Å²) in [7, 11) is 4.40. The van der Waals surface area contributed by atoms with Crippen LogP contribution in [0.15, 0.2) is 58.4 Å². The molecule has 1 fully saturated rings. The van der Waals surface area contributed by atoms with Gasteiger partial charge < -0.3 is 9.32 Å². The maximum atomic E-state index is 11.1. The lowest BCUT2D eigenvalue weighted by molar-refractivity contribution is 0.133. The summed E-state index contributed by atoms with van der Waals surface area (Å²) in [4.78, 5) is 20.1. The predicted molar refractivity (Wildman–Crippen MR) is 126 cm³/mol. The van der Waals surface area contributed by atoms with Crippen LogP contribution in [0.2, 0.25) is 0 Å². The molecule has 6 nitrogen and oxygen atoms in total. The fraction of sp³-hybridized carbons (Fsp3) is 0.423. The molecule has 0 saturated carbocycles. The fourth-order valence-corrected chi connectivity index (χ4v) is 5.14. The largest absolute Gasteiger partial charge is 0.459 e. The highest BCUT2D eigenvalue weighted by Gasteiger charge is 2.26. The molecule has 2 aromatic heterocycles. The second kappa shape index (κ2) is 8.96. The Morgan fingerprint density at radius 2 is 1.88 bits per heavy atom. The van der Waals surface area contributed by atoms with E-state index in [9.17, 15) is 4.91 Å². The lowest BCUT2D eigenvalue weighted by atomic mass is 9.99. The number of nitroso groups, excluding NO2 is 1. The van der Waals surface area contributed by atoms with E-state index in [1.807, 2.05) is 30.6 Å². The van der Waals surface area contributed by atoms with Gasteiger partial charge in [0.05, 0.1) is 6.54 Å². The number of aromatic nitrogens is 1. The van der Waals surface area contributed by atoms with Crippen LogP contribution in [0.3, 0.4) is 0 Å². The Bertz CT molecular complexity index is 1090. The molecule has 0 spiro atoms. The maximum absolute atomic E-state index is 11.1. The lowest BCUT2D eigenvalue weighted by Crippen LogP contribution is -2.41. The van der Waals surface area contributed by atoms with Crippen LogP contribution < -0.4 is 0 Å². The molecule has 0 radical (unpaired) electrons. The van der Waals surface area contributed by atoms with Gasteiger partial charge in [0.2, 0.25) is 0 Å². The third-order valence-corrected chi connectivity index (χ3v) is 7.07. The van der Waals surface area contributed by atoms with Crippen LogP contribution in [0.5, 0.6) is 0 Å². The van der Waals surface area contributed by atoms with Crippen LogP contribution >= 0.6 is 0 Å². The maximum Gasteiger partial charge on any atom is 0.142 e. The van der Waals surface area contributed by atoms with Gasteiger partial charge in [0.15, 0.2) is 0 Å². The quantitative estimate of drug-likeness (QED) is 0.497. The van der Waals surface area contributed by atoms with Gasteiger partial charge in [-0.05, 0) is 93.8 Å². The number of aryl methyl sites for hydroxylation is 1. The first-order chi connectivity index (χ1) is 15.6. The summed E-state index contributed by atoms with van der Waals surface area (Å²) in [5, 5.41) is 3.29. The first-order valence-corrected chi connectivity index (χ1v) is 11.5. The number of hydrogen-bond donors (Lipinski definition) is 0. The van der Waals surface area contributed by atoms with Crippen molar-refractivity contribution in [3.63, 3.8) is 0 Å². The first kappa shape index (κ1) is 21.0. The molecule has 1 aromatic carbocycles. The summed E-state index contributed by atoms with van der Waals surface area (Å²) in [6, 6.07) is 12.9. The average Bonchev–Trinajstić information content (AvgIpc) is 3.43. The summed E-state index contributed by atoms with van der Waals surface area (Å²) in [6.45, 7) is 3.08. The van der Waals surface area contributed by atoms with Crippen molar-refractivity contribution in [1.29, 1.82) is 0 Å². The minimum atomic E-state index is -0.214. The van der Waals surface area contributed by atoms with Crippen molar-refractivity contribution >= 4 is 0 Å². The van der Waals surface area contributed by atoms with Crippen molar-refractivity contribution in [2.24, 2.45) is 5.18 Å². The Balaban J connectivity index is 1.47. The number of likely N-dealkylation sites (tertiary alicyclic amines) is 1. The van der Waals surface area contributed by atoms with Crippen LogP contribution in [0.25, 0.3) is 22.5 Å². The van der Waals surface area contributed by atoms with Gasteiger partial charge in [-0.15, -0.1) is 0 Å². The minimum absolute atomic E-state index is 0.214. The minimum Gasteiger partial charge on any atom is -0.459 e. The molecule has 1 atom stereocenters. The molecule has 3 heterocycles. The normalized spacial score (nSPS) is 19.4. The molecule has 6 heteroatoms. The van der Waals surface area contributed by atoms with Crippen LogP contribution in [-0.4, -0.2) is 48.0 Å². The molecule has 0 amide bonds. The van der Waals surface area contributed by atoms with Crippen molar-refractivity contribution in [2.45, 2.75) is 44.3 Å². The monoisotopic (exact) mass is 430 g/mol. The summed E-state index contributed by atoms with van der Waals surface area (Å²) >= 11 is 0. The molecule has 1 saturated heterocycles. The van der Waals surface area contributed by atoms with Gasteiger partial charge in [-0.2, -0.15) is 4.91 Å². The molecular weight excluding hydrogens is 400 g/mol. The Morgan fingerprint density at radius 1 is 1.09 bits per heavy atom. The molecule has 166 valence electrons. The van der Waals surface area contributed by atoms with Gasteiger partial charge in [-0.3, -0.25) is 9.88 Å². The van der Waals surface area contributed by atoms with Gasteiger partial charge >= 0.3 is 0 Å². The van der Waals surface area contributed by atoms with Crippen LogP contribution in [0.4, 0.5) is 0 Å². The first-order valence-electron chi connectivity index (χ1n) is 11.5. The highest BCUT2D eigenvalue weighted by atomic mass is 16.3. The average molecular weight is 431 g/mol. The van der Waals surface area contributed by atoms with E-state index in [-0.39, 0.29) is 6.04 Å². The number of fused-ring (bicyclic) bond motifs is 1. The molecule has 0 N–H and O–H groups in total. The van der Waals surface area contributed by atoms with Gasteiger partial charge in [0, 0.05) is 29.6 Å². The molecule has 3 aromatic rings. The molecule has 1 unspecified atom stereocenters. The van der Waals surface area contributed by atoms with Crippen LogP contribution in [0, 0.1) is 4.91 Å². The third kappa shape index (κ3) is 4.12. The Hall–Kier alpha value is -2.83. The number of piperidine rings is 1. The van der Waals surface area contributed by atoms with E-state index in [2.05, 4.69) is 52.3 Å². The number of pyridine rings is 1. The van der Waals surface area contributed by atoms with Crippen molar-refractivity contribution in [3.8, 4) is 22.5 Å². The SMILES string of the molecule is CN1CCC(N(C)Cc2cc(-c3ccncc3)c(-c3ccc4c(c3)CCC4N=O)o2)CC1. The van der Waals surface area contributed by atoms with Crippen LogP contribution in [0.1, 0.15) is 42.2 Å². The molecule has 2 aliphatic rings. The topological polar surface area (TPSA) is 61.9 Å². The van der Waals surface area contributed by atoms with E-state index in [0.29, 0.717) is 6.04 Å². The summed E-state index contributed by atoms with van der Waals surface area (Å²) in [5.41, 5.74) is 5.49. The van der Waals surface area contributed by atoms with Gasteiger partial charge in [-0.1, -0.05) is 17.3 Å². The molecule has 32 heavy (non-hydrogen) atoms. The van der Waals surface area contributed by atoms with Crippen molar-refractivity contribution in [3.05, 3.63) is 70.6 Å². The Morgan fingerprint density at radius 3 is 2.62 bits per heavy atom. The molecular formula is C26H30N4O2. The van der Waals surface area contributed by atoms with Gasteiger partial charge in [0.1, 0.15) is 17.6 Å². The van der Waals surface area contributed by atoms with E-state index in [1.165, 1.54) is 18.4 Å². The smallest absolute Gasteiger partial charge is 0.142 e. The molecule has 1 aliphatic carbocycles. The highest BCUT2D eigenvalue weighted by molar-refractivity contribution is 5.80. The number of furan rings is 1. The Kier molecular flexibility index (Phi) is 5.89. The van der Waals surface area contributed by atoms with Gasteiger partial charge in [-0.25, -0.2) is 0 Å².